The number of hydrogen-bond donors (Lipinski definition) is 1. The summed E-state index contributed by atoms with van der Waals surface area (Å²) in [7, 11) is 0. The van der Waals surface area contributed by atoms with E-state index in [1.165, 1.54) is 17.5 Å². The summed E-state index contributed by atoms with van der Waals surface area (Å²) in [5.74, 6) is -0.0556. The third-order valence-electron chi connectivity index (χ3n) is 4.42. The van der Waals surface area contributed by atoms with Crippen molar-refractivity contribution in [3.8, 4) is 5.69 Å². The van der Waals surface area contributed by atoms with E-state index in [9.17, 15) is 4.79 Å². The zero-order chi connectivity index (χ0) is 16.4. The predicted molar refractivity (Wildman–Crippen MR) is 88.7 cm³/mol. The number of rotatable bonds is 3. The summed E-state index contributed by atoms with van der Waals surface area (Å²) in [6.07, 6.45) is 4.68. The van der Waals surface area contributed by atoms with E-state index in [1.54, 1.807) is 16.8 Å². The second kappa shape index (κ2) is 6.23. The third-order valence-corrected chi connectivity index (χ3v) is 4.42. The number of carbonyl (C=O) groups is 1. The molecule has 3 aromatic rings. The molecule has 1 N–H and O–H groups in total. The van der Waals surface area contributed by atoms with Crippen molar-refractivity contribution in [1.29, 1.82) is 0 Å². The lowest BCUT2D eigenvalue weighted by Gasteiger charge is -2.26. The molecule has 0 saturated heterocycles. The molecule has 4 rings (SSSR count). The van der Waals surface area contributed by atoms with Crippen LogP contribution in [0.2, 0.25) is 0 Å². The van der Waals surface area contributed by atoms with E-state index in [1.807, 2.05) is 18.2 Å². The quantitative estimate of drug-likeness (QED) is 0.805. The maximum Gasteiger partial charge on any atom is 0.251 e. The van der Waals surface area contributed by atoms with E-state index in [0.29, 0.717) is 5.56 Å². The molecule has 0 saturated carbocycles. The van der Waals surface area contributed by atoms with Gasteiger partial charge in [-0.2, -0.15) is 0 Å². The molecule has 1 amide bonds. The van der Waals surface area contributed by atoms with Crippen molar-refractivity contribution in [2.75, 3.05) is 0 Å². The maximum absolute atomic E-state index is 12.6. The molecule has 0 unspecified atom stereocenters. The van der Waals surface area contributed by atoms with Crippen molar-refractivity contribution in [3.63, 3.8) is 0 Å². The summed E-state index contributed by atoms with van der Waals surface area (Å²) in [4.78, 5) is 12.6. The topological polar surface area (TPSA) is 72.7 Å². The first-order valence-corrected chi connectivity index (χ1v) is 8.03. The van der Waals surface area contributed by atoms with Gasteiger partial charge in [-0.25, -0.2) is 4.68 Å². The minimum Gasteiger partial charge on any atom is -0.345 e. The molecular formula is C18H17N5O. The second-order valence-corrected chi connectivity index (χ2v) is 5.92. The summed E-state index contributed by atoms with van der Waals surface area (Å²) in [6.45, 7) is 0. The Kier molecular flexibility index (Phi) is 3.78. The van der Waals surface area contributed by atoms with Gasteiger partial charge in [0.15, 0.2) is 0 Å². The summed E-state index contributed by atoms with van der Waals surface area (Å²) in [5.41, 5.74) is 4.03. The minimum atomic E-state index is -0.0556. The fourth-order valence-corrected chi connectivity index (χ4v) is 3.19. The molecule has 120 valence electrons. The van der Waals surface area contributed by atoms with Crippen LogP contribution >= 0.6 is 0 Å². The van der Waals surface area contributed by atoms with Crippen molar-refractivity contribution in [2.24, 2.45) is 0 Å². The highest BCUT2D eigenvalue weighted by molar-refractivity contribution is 5.94. The molecule has 0 radical (unpaired) electrons. The summed E-state index contributed by atoms with van der Waals surface area (Å²) >= 11 is 0. The summed E-state index contributed by atoms with van der Waals surface area (Å²) in [5, 5.41) is 14.2. The lowest BCUT2D eigenvalue weighted by atomic mass is 9.87. The van der Waals surface area contributed by atoms with Gasteiger partial charge in [0.05, 0.1) is 11.7 Å². The number of benzene rings is 2. The van der Waals surface area contributed by atoms with Gasteiger partial charge in [-0.1, -0.05) is 24.3 Å². The number of aryl methyl sites for hydroxylation is 1. The number of carbonyl (C=O) groups excluding carboxylic acids is 1. The Morgan fingerprint density at radius 2 is 1.96 bits per heavy atom. The van der Waals surface area contributed by atoms with Crippen LogP contribution < -0.4 is 5.32 Å². The molecule has 0 aliphatic heterocycles. The van der Waals surface area contributed by atoms with Crippen molar-refractivity contribution < 1.29 is 4.79 Å². The summed E-state index contributed by atoms with van der Waals surface area (Å²) in [6, 6.07) is 15.7. The molecule has 6 heteroatoms. The zero-order valence-electron chi connectivity index (χ0n) is 13.1. The molecule has 0 bridgehead atoms. The van der Waals surface area contributed by atoms with Crippen molar-refractivity contribution >= 4 is 5.91 Å². The fraction of sp³-hybridized carbons (Fsp3) is 0.222. The van der Waals surface area contributed by atoms with Crippen LogP contribution in [0.15, 0.2) is 54.9 Å². The number of hydrogen-bond acceptors (Lipinski definition) is 4. The van der Waals surface area contributed by atoms with Crippen LogP contribution in [-0.2, 0) is 6.42 Å². The Labute approximate surface area is 139 Å². The summed E-state index contributed by atoms with van der Waals surface area (Å²) < 4.78 is 1.55. The van der Waals surface area contributed by atoms with Crippen LogP contribution in [0.3, 0.4) is 0 Å². The van der Waals surface area contributed by atoms with Crippen molar-refractivity contribution in [1.82, 2.24) is 25.5 Å². The Bertz CT molecular complexity index is 842. The van der Waals surface area contributed by atoms with Gasteiger partial charge in [-0.05, 0) is 65.1 Å². The average molecular weight is 319 g/mol. The Hall–Kier alpha value is -3.02. The fourth-order valence-electron chi connectivity index (χ4n) is 3.19. The van der Waals surface area contributed by atoms with Crippen LogP contribution in [0.4, 0.5) is 0 Å². The number of aromatic nitrogens is 4. The van der Waals surface area contributed by atoms with Gasteiger partial charge in [0.1, 0.15) is 6.33 Å². The van der Waals surface area contributed by atoms with Gasteiger partial charge >= 0.3 is 0 Å². The standard InChI is InChI=1S/C18H17N5O/c24-18(14-8-10-15(11-9-14)23-12-19-21-22-23)20-17-7-3-5-13-4-1-2-6-16(13)17/h1-2,4,6,8-12,17H,3,5,7H2,(H,20,24)/t17-/m1/s1. The first-order chi connectivity index (χ1) is 11.8. The van der Waals surface area contributed by atoms with Crippen LogP contribution in [0.5, 0.6) is 0 Å². The average Bonchev–Trinajstić information content (AvgIpc) is 3.17. The second-order valence-electron chi connectivity index (χ2n) is 5.92. The number of nitrogens with zero attached hydrogens (tertiary/aromatic N) is 4. The van der Waals surface area contributed by atoms with E-state index in [4.69, 9.17) is 0 Å². The number of nitrogens with one attached hydrogen (secondary N) is 1. The molecule has 0 spiro atoms. The first kappa shape index (κ1) is 14.6. The normalized spacial score (nSPS) is 16.4. The lowest BCUT2D eigenvalue weighted by molar-refractivity contribution is 0.0933. The van der Waals surface area contributed by atoms with Gasteiger partial charge in [0, 0.05) is 5.56 Å². The predicted octanol–water partition coefficient (Wildman–Crippen LogP) is 2.47. The molecular weight excluding hydrogens is 302 g/mol. The van der Waals surface area contributed by atoms with Crippen LogP contribution in [0, 0.1) is 0 Å². The highest BCUT2D eigenvalue weighted by Gasteiger charge is 2.21. The largest absolute Gasteiger partial charge is 0.345 e. The smallest absolute Gasteiger partial charge is 0.251 e. The number of fused-ring (bicyclic) bond motifs is 1. The zero-order valence-corrected chi connectivity index (χ0v) is 13.1. The number of tetrazole rings is 1. The van der Waals surface area contributed by atoms with E-state index < -0.39 is 0 Å². The molecule has 1 aromatic heterocycles. The maximum atomic E-state index is 12.6. The highest BCUT2D eigenvalue weighted by Crippen LogP contribution is 2.29. The lowest BCUT2D eigenvalue weighted by Crippen LogP contribution is -2.30. The van der Waals surface area contributed by atoms with Crippen LogP contribution in [-0.4, -0.2) is 26.1 Å². The van der Waals surface area contributed by atoms with Gasteiger partial charge in [-0.3, -0.25) is 4.79 Å². The monoisotopic (exact) mass is 319 g/mol. The Balaban J connectivity index is 1.51. The third kappa shape index (κ3) is 2.78. The van der Waals surface area contributed by atoms with Gasteiger partial charge in [0.2, 0.25) is 0 Å². The van der Waals surface area contributed by atoms with Gasteiger partial charge < -0.3 is 5.32 Å². The Morgan fingerprint density at radius 1 is 1.12 bits per heavy atom. The van der Waals surface area contributed by atoms with Crippen LogP contribution in [0.1, 0.15) is 40.4 Å². The van der Waals surface area contributed by atoms with Gasteiger partial charge in [0.25, 0.3) is 5.91 Å². The van der Waals surface area contributed by atoms with Gasteiger partial charge in [-0.15, -0.1) is 5.10 Å². The van der Waals surface area contributed by atoms with E-state index >= 15 is 0 Å². The minimum absolute atomic E-state index is 0.0556. The molecule has 1 aliphatic carbocycles. The van der Waals surface area contributed by atoms with Crippen molar-refractivity contribution in [3.05, 3.63) is 71.5 Å². The van der Waals surface area contributed by atoms with E-state index in [-0.39, 0.29) is 11.9 Å². The number of amides is 1. The van der Waals surface area contributed by atoms with E-state index in [0.717, 1.165) is 24.9 Å². The molecule has 24 heavy (non-hydrogen) atoms. The molecule has 2 aromatic carbocycles. The molecule has 1 atom stereocenters. The molecule has 1 aliphatic rings. The highest BCUT2D eigenvalue weighted by atomic mass is 16.1. The van der Waals surface area contributed by atoms with Crippen LogP contribution in [0.25, 0.3) is 5.69 Å². The Morgan fingerprint density at radius 3 is 2.75 bits per heavy atom. The SMILES string of the molecule is O=C(N[C@@H]1CCCc2ccccc21)c1ccc(-n2cnnn2)cc1. The first-order valence-electron chi connectivity index (χ1n) is 8.03. The van der Waals surface area contributed by atoms with Crippen molar-refractivity contribution in [2.45, 2.75) is 25.3 Å². The molecule has 0 fully saturated rings. The molecule has 6 nitrogen and oxygen atoms in total. The molecule has 1 heterocycles. The van der Waals surface area contributed by atoms with E-state index in [2.05, 4.69) is 39.0 Å².